The van der Waals surface area contributed by atoms with Crippen molar-refractivity contribution in [1.29, 1.82) is 0 Å². The van der Waals surface area contributed by atoms with Crippen LogP contribution in [-0.4, -0.2) is 29.0 Å². The molecule has 0 bridgehead atoms. The molecule has 7 heteroatoms. The predicted octanol–water partition coefficient (Wildman–Crippen LogP) is 2.89. The monoisotopic (exact) mass is 323 g/mol. The van der Waals surface area contributed by atoms with Crippen molar-refractivity contribution in [1.82, 2.24) is 14.1 Å². The van der Waals surface area contributed by atoms with Crippen molar-refractivity contribution in [2.45, 2.75) is 50.6 Å². The van der Waals surface area contributed by atoms with E-state index in [1.54, 1.807) is 10.9 Å². The Kier molecular flexibility index (Phi) is 3.86. The first-order valence-corrected chi connectivity index (χ1v) is 8.96. The molecular weight excluding hydrogens is 302 g/mol. The molecule has 0 spiro atoms. The highest BCUT2D eigenvalue weighted by molar-refractivity contribution is 7.89. The van der Waals surface area contributed by atoms with Crippen molar-refractivity contribution in [3.63, 3.8) is 0 Å². The third-order valence-corrected chi connectivity index (χ3v) is 5.87. The van der Waals surface area contributed by atoms with Crippen molar-refractivity contribution < 1.29 is 12.8 Å². The van der Waals surface area contributed by atoms with Crippen LogP contribution in [0.1, 0.15) is 50.3 Å². The van der Waals surface area contributed by atoms with Crippen LogP contribution in [0.3, 0.4) is 0 Å². The van der Waals surface area contributed by atoms with E-state index in [0.29, 0.717) is 6.54 Å². The van der Waals surface area contributed by atoms with Gasteiger partial charge >= 0.3 is 0 Å². The largest absolute Gasteiger partial charge is 0.465 e. The van der Waals surface area contributed by atoms with Gasteiger partial charge in [0.1, 0.15) is 16.4 Å². The van der Waals surface area contributed by atoms with Gasteiger partial charge in [-0.3, -0.25) is 4.68 Å². The lowest BCUT2D eigenvalue weighted by atomic mass is 10.2. The average molecular weight is 323 g/mol. The van der Waals surface area contributed by atoms with Crippen molar-refractivity contribution in [3.8, 4) is 0 Å². The maximum atomic E-state index is 12.9. The van der Waals surface area contributed by atoms with E-state index >= 15 is 0 Å². The van der Waals surface area contributed by atoms with Crippen LogP contribution in [0.4, 0.5) is 0 Å². The second kappa shape index (κ2) is 5.55. The highest BCUT2D eigenvalue weighted by atomic mass is 32.2. The summed E-state index contributed by atoms with van der Waals surface area (Å²) in [5, 5.41) is 4.14. The molecule has 1 aliphatic heterocycles. The predicted molar refractivity (Wildman–Crippen MR) is 81.9 cm³/mol. The maximum absolute atomic E-state index is 12.9. The van der Waals surface area contributed by atoms with E-state index < -0.39 is 10.0 Å². The van der Waals surface area contributed by atoms with Crippen molar-refractivity contribution in [2.75, 3.05) is 6.54 Å². The van der Waals surface area contributed by atoms with Gasteiger partial charge in [-0.2, -0.15) is 9.40 Å². The lowest BCUT2D eigenvalue weighted by Gasteiger charge is -2.21. The molecule has 2 aromatic rings. The molecule has 3 heterocycles. The van der Waals surface area contributed by atoms with Crippen molar-refractivity contribution >= 4 is 10.0 Å². The highest BCUT2D eigenvalue weighted by Gasteiger charge is 2.38. The number of aromatic nitrogens is 2. The van der Waals surface area contributed by atoms with Gasteiger partial charge in [0.2, 0.25) is 10.0 Å². The smallest absolute Gasteiger partial charge is 0.246 e. The fourth-order valence-corrected chi connectivity index (χ4v) is 4.42. The molecule has 1 fully saturated rings. The van der Waals surface area contributed by atoms with E-state index in [2.05, 4.69) is 5.10 Å². The standard InChI is InChI=1S/C15H21N3O3S/c1-11(2)17-10-13(9-16-17)22(19,20)18-8-4-5-14(18)15-7-6-12(3)21-15/h6-7,9-11,14H,4-5,8H2,1-3H3/t14-/m1/s1. The molecule has 1 saturated heterocycles. The molecule has 3 rings (SSSR count). The minimum absolute atomic E-state index is 0.131. The number of sulfonamides is 1. The molecule has 0 amide bonds. The summed E-state index contributed by atoms with van der Waals surface area (Å²) in [7, 11) is -3.55. The summed E-state index contributed by atoms with van der Waals surface area (Å²) in [6, 6.07) is 3.65. The minimum Gasteiger partial charge on any atom is -0.465 e. The van der Waals surface area contributed by atoms with Gasteiger partial charge in [0.15, 0.2) is 0 Å². The third kappa shape index (κ3) is 2.59. The van der Waals surface area contributed by atoms with Crippen molar-refractivity contribution in [3.05, 3.63) is 36.0 Å². The van der Waals surface area contributed by atoms with Crippen LogP contribution < -0.4 is 0 Å². The van der Waals surface area contributed by atoms with Gasteiger partial charge in [-0.05, 0) is 45.7 Å². The first kappa shape index (κ1) is 15.3. The third-order valence-electron chi connectivity index (χ3n) is 4.01. The summed E-state index contributed by atoms with van der Waals surface area (Å²) in [5.74, 6) is 1.52. The van der Waals surface area contributed by atoms with Gasteiger partial charge < -0.3 is 4.42 Å². The van der Waals surface area contributed by atoms with Gasteiger partial charge in [-0.1, -0.05) is 0 Å². The Labute approximate surface area is 130 Å². The maximum Gasteiger partial charge on any atom is 0.246 e. The van der Waals surface area contributed by atoms with Gasteiger partial charge in [-0.25, -0.2) is 8.42 Å². The molecule has 0 aromatic carbocycles. The van der Waals surface area contributed by atoms with E-state index in [9.17, 15) is 8.42 Å². The number of hydrogen-bond acceptors (Lipinski definition) is 4. The molecule has 2 aromatic heterocycles. The van der Waals surface area contributed by atoms with E-state index in [1.165, 1.54) is 10.5 Å². The molecule has 0 unspecified atom stereocenters. The van der Waals surface area contributed by atoms with Gasteiger partial charge in [0, 0.05) is 18.8 Å². The van der Waals surface area contributed by atoms with E-state index in [0.717, 1.165) is 24.4 Å². The zero-order valence-corrected chi connectivity index (χ0v) is 13.9. The van der Waals surface area contributed by atoms with Gasteiger partial charge in [-0.15, -0.1) is 0 Å². The van der Waals surface area contributed by atoms with Crippen LogP contribution in [0.2, 0.25) is 0 Å². The normalized spacial score (nSPS) is 20.1. The molecule has 0 aliphatic carbocycles. The molecule has 0 radical (unpaired) electrons. The number of aryl methyl sites for hydroxylation is 1. The lowest BCUT2D eigenvalue weighted by molar-refractivity contribution is 0.334. The molecule has 22 heavy (non-hydrogen) atoms. The quantitative estimate of drug-likeness (QED) is 0.867. The minimum atomic E-state index is -3.55. The molecule has 1 atom stereocenters. The van der Waals surface area contributed by atoms with E-state index in [-0.39, 0.29) is 17.0 Å². The Morgan fingerprint density at radius 1 is 1.36 bits per heavy atom. The Bertz CT molecular complexity index is 761. The molecule has 1 aliphatic rings. The van der Waals surface area contributed by atoms with Crippen molar-refractivity contribution in [2.24, 2.45) is 0 Å². The number of hydrogen-bond donors (Lipinski definition) is 0. The van der Waals surface area contributed by atoms with Crippen LogP contribution in [0.25, 0.3) is 0 Å². The zero-order valence-electron chi connectivity index (χ0n) is 13.1. The first-order valence-electron chi connectivity index (χ1n) is 7.52. The number of furan rings is 1. The molecular formula is C15H21N3O3S. The lowest BCUT2D eigenvalue weighted by Crippen LogP contribution is -2.30. The highest BCUT2D eigenvalue weighted by Crippen LogP contribution is 2.37. The second-order valence-electron chi connectivity index (χ2n) is 5.97. The second-order valence-corrected chi connectivity index (χ2v) is 7.86. The SMILES string of the molecule is Cc1ccc([C@H]2CCCN2S(=O)(=O)c2cnn(C(C)C)c2)o1. The first-order chi connectivity index (χ1) is 10.4. The fourth-order valence-electron chi connectivity index (χ4n) is 2.82. The number of rotatable bonds is 4. The van der Waals surface area contributed by atoms with E-state index in [1.807, 2.05) is 32.9 Å². The molecule has 6 nitrogen and oxygen atoms in total. The number of nitrogens with zero attached hydrogens (tertiary/aromatic N) is 3. The Morgan fingerprint density at radius 2 is 2.14 bits per heavy atom. The van der Waals surface area contributed by atoms with Crippen LogP contribution in [0.5, 0.6) is 0 Å². The van der Waals surface area contributed by atoms with Gasteiger partial charge in [0.25, 0.3) is 0 Å². The van der Waals surface area contributed by atoms with Crippen LogP contribution in [0, 0.1) is 6.92 Å². The van der Waals surface area contributed by atoms with Crippen LogP contribution in [0.15, 0.2) is 33.8 Å². The Morgan fingerprint density at radius 3 is 2.73 bits per heavy atom. The topological polar surface area (TPSA) is 68.3 Å². The van der Waals surface area contributed by atoms with Gasteiger partial charge in [0.05, 0.1) is 12.2 Å². The summed E-state index contributed by atoms with van der Waals surface area (Å²) in [6.07, 6.45) is 4.65. The Hall–Kier alpha value is -1.60. The zero-order chi connectivity index (χ0) is 15.9. The summed E-state index contributed by atoms with van der Waals surface area (Å²) in [5.41, 5.74) is 0. The van der Waals surface area contributed by atoms with Crippen LogP contribution >= 0.6 is 0 Å². The molecule has 0 saturated carbocycles. The van der Waals surface area contributed by atoms with Crippen LogP contribution in [-0.2, 0) is 10.0 Å². The Balaban J connectivity index is 1.93. The fraction of sp³-hybridized carbons (Fsp3) is 0.533. The summed E-state index contributed by atoms with van der Waals surface area (Å²) < 4.78 is 34.6. The summed E-state index contributed by atoms with van der Waals surface area (Å²) in [6.45, 7) is 6.31. The average Bonchev–Trinajstić information content (AvgIpc) is 3.18. The summed E-state index contributed by atoms with van der Waals surface area (Å²) >= 11 is 0. The summed E-state index contributed by atoms with van der Waals surface area (Å²) in [4.78, 5) is 0.247. The van der Waals surface area contributed by atoms with E-state index in [4.69, 9.17) is 4.42 Å². The molecule has 0 N–H and O–H groups in total. The molecule has 120 valence electrons.